The number of nitrogens with one attached hydrogen (secondary N) is 2. The van der Waals surface area contributed by atoms with Crippen LogP contribution in [-0.4, -0.2) is 79.7 Å². The number of nitrogens with zero attached hydrogens (tertiary/aromatic N) is 3. The fourth-order valence-corrected chi connectivity index (χ4v) is 6.69. The summed E-state index contributed by atoms with van der Waals surface area (Å²) in [7, 11) is -2.45. The summed E-state index contributed by atoms with van der Waals surface area (Å²) in [6.07, 6.45) is 1.46. The average Bonchev–Trinajstić information content (AvgIpc) is 3.34. The third kappa shape index (κ3) is 9.11. The predicted molar refractivity (Wildman–Crippen MR) is 180 cm³/mol. The van der Waals surface area contributed by atoms with Gasteiger partial charge in [-0.2, -0.15) is 4.31 Å². The average molecular weight is 688 g/mol. The number of likely N-dealkylation sites (N-methyl/N-ethyl adjacent to an activating group) is 1. The Labute approximate surface area is 282 Å². The van der Waals surface area contributed by atoms with Crippen molar-refractivity contribution in [2.24, 2.45) is 5.92 Å². The molecule has 4 rings (SSSR count). The van der Waals surface area contributed by atoms with E-state index < -0.39 is 28.0 Å². The van der Waals surface area contributed by atoms with Gasteiger partial charge in [0, 0.05) is 44.4 Å². The summed E-state index contributed by atoms with van der Waals surface area (Å²) in [6.45, 7) is 11.8. The summed E-state index contributed by atoms with van der Waals surface area (Å²) in [5.74, 6) is -0.250. The molecule has 0 unspecified atom stereocenters. The second-order valence-corrected chi connectivity index (χ2v) is 14.6. The topological polar surface area (TPSA) is 143 Å². The van der Waals surface area contributed by atoms with Gasteiger partial charge >= 0.3 is 6.03 Å². The molecule has 0 aliphatic carbocycles. The molecule has 1 aliphatic rings. The van der Waals surface area contributed by atoms with Gasteiger partial charge in [0.2, 0.25) is 10.0 Å². The number of carbonyl (C=O) groups is 2. The molecule has 14 heteroatoms. The normalized spacial score (nSPS) is 19.8. The Hall–Kier alpha value is -4.01. The summed E-state index contributed by atoms with van der Waals surface area (Å²) < 4.78 is 59.1. The largest absolute Gasteiger partial charge is 0.490 e. The van der Waals surface area contributed by atoms with Crippen LogP contribution in [0.3, 0.4) is 0 Å². The molecule has 2 heterocycles. The molecule has 1 aromatic heterocycles. The number of urea groups is 1. The van der Waals surface area contributed by atoms with Crippen molar-refractivity contribution in [1.29, 1.82) is 0 Å². The van der Waals surface area contributed by atoms with E-state index in [2.05, 4.69) is 15.8 Å². The van der Waals surface area contributed by atoms with Crippen LogP contribution in [0.15, 0.2) is 51.9 Å². The Morgan fingerprint density at radius 1 is 1.10 bits per heavy atom. The summed E-state index contributed by atoms with van der Waals surface area (Å²) in [5.41, 5.74) is 1.66. The Morgan fingerprint density at radius 2 is 1.81 bits per heavy atom. The second kappa shape index (κ2) is 15.9. The Bertz CT molecular complexity index is 1660. The van der Waals surface area contributed by atoms with Crippen LogP contribution in [0.4, 0.5) is 20.6 Å². The van der Waals surface area contributed by atoms with Gasteiger partial charge in [0.25, 0.3) is 5.91 Å². The molecular weight excluding hydrogens is 641 g/mol. The third-order valence-corrected chi connectivity index (χ3v) is 10.2. The molecule has 2 aromatic carbocycles. The van der Waals surface area contributed by atoms with Gasteiger partial charge in [0.1, 0.15) is 22.9 Å². The number of anilines is 2. The van der Waals surface area contributed by atoms with E-state index in [1.165, 1.54) is 23.5 Å². The van der Waals surface area contributed by atoms with E-state index in [9.17, 15) is 22.4 Å². The van der Waals surface area contributed by atoms with Crippen molar-refractivity contribution in [3.63, 3.8) is 0 Å². The number of hydrogen-bond donors (Lipinski definition) is 2. The van der Waals surface area contributed by atoms with Gasteiger partial charge in [-0.15, -0.1) is 0 Å². The van der Waals surface area contributed by atoms with Gasteiger partial charge in [-0.1, -0.05) is 12.1 Å². The molecular formula is C34H46FN5O7S. The first-order chi connectivity index (χ1) is 22.7. The highest BCUT2D eigenvalue weighted by atomic mass is 32.2. The maximum Gasteiger partial charge on any atom is 0.323 e. The number of aromatic nitrogens is 1. The fourth-order valence-electron chi connectivity index (χ4n) is 5.50. The molecule has 48 heavy (non-hydrogen) atoms. The molecule has 3 aromatic rings. The van der Waals surface area contributed by atoms with Crippen LogP contribution in [0.25, 0.3) is 0 Å². The van der Waals surface area contributed by atoms with E-state index in [-0.39, 0.29) is 47.5 Å². The van der Waals surface area contributed by atoms with E-state index in [4.69, 9.17) is 14.0 Å². The molecule has 262 valence electrons. The molecule has 12 nitrogen and oxygen atoms in total. The first kappa shape index (κ1) is 36.8. The molecule has 1 aliphatic heterocycles. The zero-order valence-electron chi connectivity index (χ0n) is 28.6. The zero-order chi connectivity index (χ0) is 35.2. The molecule has 0 radical (unpaired) electrons. The lowest BCUT2D eigenvalue weighted by Gasteiger charge is -2.35. The number of sulfonamides is 1. The SMILES string of the molecule is Cc1noc(C)c1NC(=O)Nc1ccc2c(c1)C(=O)N(C(C)C)C[C@@H](C)[C@H](CN(C)S(=O)(=O)c1ccc(F)cc1)OCCCC[C@@H](C)O2. The highest BCUT2D eigenvalue weighted by Crippen LogP contribution is 2.29. The Morgan fingerprint density at radius 3 is 2.46 bits per heavy atom. The molecule has 0 fully saturated rings. The summed E-state index contributed by atoms with van der Waals surface area (Å²) >= 11 is 0. The smallest absolute Gasteiger partial charge is 0.323 e. The van der Waals surface area contributed by atoms with Gasteiger partial charge in [-0.3, -0.25) is 4.79 Å². The number of amides is 3. The molecule has 2 N–H and O–H groups in total. The molecule has 3 atom stereocenters. The standard InChI is InChI=1S/C34H46FN5O7S/c1-21(2)40-19-22(3)31(20-39(7)48(43,44)28-14-11-26(35)12-15-28)45-17-9-8-10-23(4)46-30-16-13-27(18-29(30)33(40)41)36-34(42)37-32-24(5)38-47-25(32)6/h11-16,18,21-23,31H,8-10,17,19-20H2,1-7H3,(H2,36,37,42)/t22-,23-,31+/m1/s1. The van der Waals surface area contributed by atoms with Crippen LogP contribution in [-0.2, 0) is 14.8 Å². The van der Waals surface area contributed by atoms with Gasteiger partial charge in [-0.25, -0.2) is 17.6 Å². The number of benzene rings is 2. The van der Waals surface area contributed by atoms with Gasteiger partial charge in [-0.05, 0) is 96.3 Å². The van der Waals surface area contributed by atoms with E-state index in [1.807, 2.05) is 27.7 Å². The highest BCUT2D eigenvalue weighted by molar-refractivity contribution is 7.89. The summed E-state index contributed by atoms with van der Waals surface area (Å²) in [4.78, 5) is 28.9. The Kier molecular flexibility index (Phi) is 12.2. The van der Waals surface area contributed by atoms with E-state index in [0.29, 0.717) is 41.6 Å². The van der Waals surface area contributed by atoms with Crippen LogP contribution >= 0.6 is 0 Å². The number of ether oxygens (including phenoxy) is 2. The number of halogens is 1. The molecule has 3 amide bonds. The third-order valence-electron chi connectivity index (χ3n) is 8.37. The first-order valence-electron chi connectivity index (χ1n) is 16.1. The fraction of sp³-hybridized carbons (Fsp3) is 0.500. The van der Waals surface area contributed by atoms with Crippen molar-refractivity contribution in [1.82, 2.24) is 14.4 Å². The minimum Gasteiger partial charge on any atom is -0.490 e. The van der Waals surface area contributed by atoms with Crippen LogP contribution in [0, 0.1) is 25.6 Å². The number of carbonyl (C=O) groups excluding carboxylic acids is 2. The van der Waals surface area contributed by atoms with Crippen LogP contribution in [0.1, 0.15) is 68.8 Å². The summed E-state index contributed by atoms with van der Waals surface area (Å²) in [5, 5.41) is 9.38. The van der Waals surface area contributed by atoms with Crippen molar-refractivity contribution >= 4 is 33.3 Å². The Balaban J connectivity index is 1.61. The highest BCUT2D eigenvalue weighted by Gasteiger charge is 2.32. The number of fused-ring (bicyclic) bond motifs is 1. The monoisotopic (exact) mass is 687 g/mol. The van der Waals surface area contributed by atoms with Crippen molar-refractivity contribution < 1.29 is 36.4 Å². The van der Waals surface area contributed by atoms with Crippen LogP contribution in [0.5, 0.6) is 5.75 Å². The van der Waals surface area contributed by atoms with Crippen molar-refractivity contribution in [3.8, 4) is 5.75 Å². The van der Waals surface area contributed by atoms with Crippen molar-refractivity contribution in [3.05, 3.63) is 65.3 Å². The molecule has 0 bridgehead atoms. The minimum absolute atomic E-state index is 0.0191. The number of aryl methyl sites for hydroxylation is 2. The van der Waals surface area contributed by atoms with Crippen molar-refractivity contribution in [2.75, 3.05) is 37.4 Å². The predicted octanol–water partition coefficient (Wildman–Crippen LogP) is 6.22. The second-order valence-electron chi connectivity index (χ2n) is 12.6. The quantitative estimate of drug-likeness (QED) is 0.298. The lowest BCUT2D eigenvalue weighted by Crippen LogP contribution is -2.46. The maximum atomic E-state index is 14.3. The molecule has 0 spiro atoms. The lowest BCUT2D eigenvalue weighted by atomic mass is 10.0. The number of rotatable bonds is 7. The van der Waals surface area contributed by atoms with Crippen LogP contribution in [0.2, 0.25) is 0 Å². The lowest BCUT2D eigenvalue weighted by molar-refractivity contribution is -0.00544. The maximum absolute atomic E-state index is 14.3. The molecule has 0 saturated carbocycles. The van der Waals surface area contributed by atoms with Gasteiger partial charge in [0.05, 0.1) is 22.7 Å². The number of hydrogen-bond acceptors (Lipinski definition) is 8. The van der Waals surface area contributed by atoms with E-state index in [1.54, 1.807) is 36.9 Å². The molecule has 0 saturated heterocycles. The van der Waals surface area contributed by atoms with Crippen LogP contribution < -0.4 is 15.4 Å². The van der Waals surface area contributed by atoms with E-state index >= 15 is 0 Å². The van der Waals surface area contributed by atoms with Gasteiger partial charge in [0.15, 0.2) is 5.76 Å². The minimum atomic E-state index is -3.92. The summed E-state index contributed by atoms with van der Waals surface area (Å²) in [6, 6.07) is 8.90. The van der Waals surface area contributed by atoms with Crippen molar-refractivity contribution in [2.45, 2.75) is 84.0 Å². The van der Waals surface area contributed by atoms with Gasteiger partial charge < -0.3 is 29.5 Å². The van der Waals surface area contributed by atoms with E-state index in [0.717, 1.165) is 25.0 Å². The first-order valence-corrected chi connectivity index (χ1v) is 17.6. The zero-order valence-corrected chi connectivity index (χ0v) is 29.4.